The fourth-order valence-electron chi connectivity index (χ4n) is 1.74. The van der Waals surface area contributed by atoms with Gasteiger partial charge in [0.25, 0.3) is 0 Å². The molecule has 1 aromatic carbocycles. The van der Waals surface area contributed by atoms with Crippen molar-refractivity contribution in [3.63, 3.8) is 0 Å². The van der Waals surface area contributed by atoms with Crippen LogP contribution in [0, 0.1) is 13.8 Å². The average molecular weight is 292 g/mol. The molecule has 1 heterocycles. The number of anilines is 2. The van der Waals surface area contributed by atoms with Crippen LogP contribution in [0.5, 0.6) is 0 Å². The molecule has 0 atom stereocenters. The number of hydrogen-bond donors (Lipinski definition) is 2. The third-order valence-corrected chi connectivity index (χ3v) is 3.17. The van der Waals surface area contributed by atoms with E-state index >= 15 is 0 Å². The topological polar surface area (TPSA) is 50.9 Å². The van der Waals surface area contributed by atoms with Crippen molar-refractivity contribution < 1.29 is 0 Å². The van der Waals surface area contributed by atoms with Gasteiger partial charge in [0.2, 0.25) is 0 Å². The first-order chi connectivity index (χ1) is 8.95. The number of nitrogens with two attached hydrogens (primary N) is 1. The number of nitrogens with zero attached hydrogens (tertiary/aromatic N) is 1. The highest BCUT2D eigenvalue weighted by Gasteiger charge is 2.05. The lowest BCUT2D eigenvalue weighted by atomic mass is 10.2. The number of benzene rings is 1. The molecule has 2 rings (SSSR count). The summed E-state index contributed by atoms with van der Waals surface area (Å²) in [5.74, 6) is 0.702. The molecule has 1 aromatic heterocycles. The van der Waals surface area contributed by atoms with Gasteiger partial charge in [-0.2, -0.15) is 0 Å². The molecule has 0 amide bonds. The van der Waals surface area contributed by atoms with E-state index in [2.05, 4.69) is 10.3 Å². The van der Waals surface area contributed by atoms with Gasteiger partial charge >= 0.3 is 0 Å². The summed E-state index contributed by atoms with van der Waals surface area (Å²) in [6.45, 7) is 3.90. The fourth-order valence-corrected chi connectivity index (χ4v) is 2.03. The molecule has 0 aliphatic carbocycles. The number of thiocarbonyl (C=S) groups is 1. The number of rotatable bonds is 3. The average Bonchev–Trinajstić information content (AvgIpc) is 2.33. The maximum absolute atomic E-state index is 5.99. The van der Waals surface area contributed by atoms with Gasteiger partial charge in [0, 0.05) is 22.0 Å². The molecule has 0 aliphatic heterocycles. The second-order valence-electron chi connectivity index (χ2n) is 4.33. The van der Waals surface area contributed by atoms with E-state index in [0.717, 1.165) is 22.5 Å². The van der Waals surface area contributed by atoms with Crippen LogP contribution in [0.1, 0.15) is 16.8 Å². The van der Waals surface area contributed by atoms with Crippen LogP contribution in [-0.4, -0.2) is 9.97 Å². The zero-order valence-corrected chi connectivity index (χ0v) is 12.3. The number of pyridine rings is 1. The van der Waals surface area contributed by atoms with Gasteiger partial charge in [0.05, 0.1) is 0 Å². The molecule has 0 radical (unpaired) electrons. The van der Waals surface area contributed by atoms with E-state index in [-0.39, 0.29) is 0 Å². The molecule has 3 nitrogen and oxygen atoms in total. The van der Waals surface area contributed by atoms with Gasteiger partial charge in [0.1, 0.15) is 10.8 Å². The van der Waals surface area contributed by atoms with Crippen molar-refractivity contribution in [2.75, 3.05) is 5.32 Å². The highest BCUT2D eigenvalue weighted by molar-refractivity contribution is 7.80. The Hall–Kier alpha value is -1.65. The minimum absolute atomic E-state index is 0.358. The zero-order chi connectivity index (χ0) is 14.0. The molecule has 19 heavy (non-hydrogen) atoms. The summed E-state index contributed by atoms with van der Waals surface area (Å²) in [6.07, 6.45) is 0. The molecule has 0 saturated carbocycles. The minimum Gasteiger partial charge on any atom is -0.389 e. The molecule has 0 aliphatic rings. The molecule has 5 heteroatoms. The third kappa shape index (κ3) is 3.43. The van der Waals surface area contributed by atoms with E-state index in [1.165, 1.54) is 0 Å². The molecular weight excluding hydrogens is 278 g/mol. The Labute approximate surface area is 122 Å². The summed E-state index contributed by atoms with van der Waals surface area (Å²) in [6, 6.07) is 9.36. The Morgan fingerprint density at radius 3 is 2.68 bits per heavy atom. The van der Waals surface area contributed by atoms with E-state index < -0.39 is 0 Å². The zero-order valence-electron chi connectivity index (χ0n) is 10.7. The van der Waals surface area contributed by atoms with Crippen LogP contribution in [0.3, 0.4) is 0 Å². The van der Waals surface area contributed by atoms with E-state index in [1.54, 1.807) is 0 Å². The fraction of sp³-hybridized carbons (Fsp3) is 0.143. The van der Waals surface area contributed by atoms with Gasteiger partial charge in [-0.1, -0.05) is 29.9 Å². The standard InChI is InChI=1S/C14H14ClN3S/c1-8-3-4-11(15)7-12(8)18-13-6-10(14(16)19)5-9(2)17-13/h3-7H,1-2H3,(H2,16,19)(H,17,18). The van der Waals surface area contributed by atoms with Gasteiger partial charge in [-0.05, 0) is 43.7 Å². The van der Waals surface area contributed by atoms with E-state index in [0.29, 0.717) is 15.8 Å². The molecule has 2 aromatic rings. The Balaban J connectivity index is 2.38. The maximum Gasteiger partial charge on any atom is 0.131 e. The Bertz CT molecular complexity index is 641. The summed E-state index contributed by atoms with van der Waals surface area (Å²) in [5.41, 5.74) is 9.31. The summed E-state index contributed by atoms with van der Waals surface area (Å²) in [7, 11) is 0. The lowest BCUT2D eigenvalue weighted by Gasteiger charge is -2.11. The van der Waals surface area contributed by atoms with Gasteiger partial charge < -0.3 is 11.1 Å². The number of aromatic nitrogens is 1. The lowest BCUT2D eigenvalue weighted by molar-refractivity contribution is 1.19. The molecular formula is C14H14ClN3S. The Morgan fingerprint density at radius 2 is 2.00 bits per heavy atom. The third-order valence-electron chi connectivity index (χ3n) is 2.70. The maximum atomic E-state index is 5.99. The summed E-state index contributed by atoms with van der Waals surface area (Å²) >= 11 is 11.0. The van der Waals surface area contributed by atoms with Gasteiger partial charge in [-0.3, -0.25) is 0 Å². The second kappa shape index (κ2) is 5.55. The molecule has 0 fully saturated rings. The van der Waals surface area contributed by atoms with Crippen LogP contribution >= 0.6 is 23.8 Å². The molecule has 3 N–H and O–H groups in total. The highest BCUT2D eigenvalue weighted by Crippen LogP contribution is 2.24. The first kappa shape index (κ1) is 13.8. The minimum atomic E-state index is 0.358. The van der Waals surface area contributed by atoms with Crippen molar-refractivity contribution >= 4 is 40.3 Å². The number of hydrogen-bond acceptors (Lipinski definition) is 3. The normalized spacial score (nSPS) is 10.3. The summed E-state index contributed by atoms with van der Waals surface area (Å²) in [5, 5.41) is 3.91. The van der Waals surface area contributed by atoms with Gasteiger partial charge in [0.15, 0.2) is 0 Å². The monoisotopic (exact) mass is 291 g/mol. The van der Waals surface area contributed by atoms with Gasteiger partial charge in [-0.25, -0.2) is 4.98 Å². The van der Waals surface area contributed by atoms with Crippen molar-refractivity contribution in [3.05, 3.63) is 52.2 Å². The smallest absolute Gasteiger partial charge is 0.131 e. The quantitative estimate of drug-likeness (QED) is 0.846. The predicted octanol–water partition coefficient (Wildman–Crippen LogP) is 3.73. The summed E-state index contributed by atoms with van der Waals surface area (Å²) in [4.78, 5) is 4.77. The number of aryl methyl sites for hydroxylation is 2. The number of nitrogens with one attached hydrogen (secondary N) is 1. The molecule has 0 saturated heterocycles. The molecule has 0 bridgehead atoms. The van der Waals surface area contributed by atoms with Crippen LogP contribution in [-0.2, 0) is 0 Å². The molecule has 0 spiro atoms. The van der Waals surface area contributed by atoms with Crippen LogP contribution < -0.4 is 11.1 Å². The summed E-state index contributed by atoms with van der Waals surface area (Å²) < 4.78 is 0. The molecule has 98 valence electrons. The van der Waals surface area contributed by atoms with E-state index in [4.69, 9.17) is 29.6 Å². The number of halogens is 1. The van der Waals surface area contributed by atoms with Crippen LogP contribution in [0.25, 0.3) is 0 Å². The lowest BCUT2D eigenvalue weighted by Crippen LogP contribution is -2.11. The van der Waals surface area contributed by atoms with Crippen molar-refractivity contribution in [2.24, 2.45) is 5.73 Å². The SMILES string of the molecule is Cc1cc(C(N)=S)cc(Nc2cc(Cl)ccc2C)n1. The van der Waals surface area contributed by atoms with E-state index in [9.17, 15) is 0 Å². The van der Waals surface area contributed by atoms with E-state index in [1.807, 2.05) is 44.2 Å². The van der Waals surface area contributed by atoms with Crippen molar-refractivity contribution in [1.29, 1.82) is 0 Å². The van der Waals surface area contributed by atoms with Crippen LogP contribution in [0.4, 0.5) is 11.5 Å². The Morgan fingerprint density at radius 1 is 1.26 bits per heavy atom. The first-order valence-electron chi connectivity index (χ1n) is 5.77. The first-order valence-corrected chi connectivity index (χ1v) is 6.56. The van der Waals surface area contributed by atoms with Crippen molar-refractivity contribution in [2.45, 2.75) is 13.8 Å². The van der Waals surface area contributed by atoms with Gasteiger partial charge in [-0.15, -0.1) is 0 Å². The predicted molar refractivity (Wildman–Crippen MR) is 84.3 cm³/mol. The largest absolute Gasteiger partial charge is 0.389 e. The Kier molecular flexibility index (Phi) is 4.02. The highest BCUT2D eigenvalue weighted by atomic mass is 35.5. The van der Waals surface area contributed by atoms with Crippen molar-refractivity contribution in [1.82, 2.24) is 4.98 Å². The second-order valence-corrected chi connectivity index (χ2v) is 5.21. The van der Waals surface area contributed by atoms with Crippen LogP contribution in [0.15, 0.2) is 30.3 Å². The molecule has 0 unspecified atom stereocenters. The van der Waals surface area contributed by atoms with Crippen LogP contribution in [0.2, 0.25) is 5.02 Å². The van der Waals surface area contributed by atoms with Crippen molar-refractivity contribution in [3.8, 4) is 0 Å².